The Morgan fingerprint density at radius 2 is 1.86 bits per heavy atom. The van der Waals surface area contributed by atoms with Crippen LogP contribution in [0.4, 0.5) is 5.69 Å². The summed E-state index contributed by atoms with van der Waals surface area (Å²) in [6.07, 6.45) is 0. The summed E-state index contributed by atoms with van der Waals surface area (Å²) in [6, 6.07) is 4.89. The quantitative estimate of drug-likeness (QED) is 0.500. The molecule has 7 heteroatoms. The third-order valence-electron chi connectivity index (χ3n) is 4.40. The second-order valence-corrected chi connectivity index (χ2v) is 6.37. The number of Topliss-reactive ketones (excluding diaryl/α,β-unsaturated/α-hetero) is 1. The van der Waals surface area contributed by atoms with Crippen molar-refractivity contribution in [2.24, 2.45) is 0 Å². The van der Waals surface area contributed by atoms with Crippen LogP contribution in [0.1, 0.15) is 52.9 Å². The molecule has 2 rings (SSSR count). The number of carbonyl (C=O) groups excluding carboxylic acids is 2. The molecule has 2 N–H and O–H groups in total. The summed E-state index contributed by atoms with van der Waals surface area (Å²) >= 11 is 0. The van der Waals surface area contributed by atoms with Crippen LogP contribution < -0.4 is 14.8 Å². The Labute approximate surface area is 165 Å². The van der Waals surface area contributed by atoms with Crippen molar-refractivity contribution in [2.45, 2.75) is 40.7 Å². The molecule has 0 aliphatic rings. The molecule has 0 fully saturated rings. The maximum Gasteiger partial charge on any atom is 0.340 e. The van der Waals surface area contributed by atoms with Gasteiger partial charge in [-0.25, -0.2) is 4.79 Å². The number of esters is 1. The molecule has 28 heavy (non-hydrogen) atoms. The molecule has 1 heterocycles. The molecule has 0 radical (unpaired) electrons. The summed E-state index contributed by atoms with van der Waals surface area (Å²) < 4.78 is 15.9. The van der Waals surface area contributed by atoms with Crippen LogP contribution >= 0.6 is 0 Å². The van der Waals surface area contributed by atoms with Crippen molar-refractivity contribution >= 4 is 17.4 Å². The summed E-state index contributed by atoms with van der Waals surface area (Å²) in [4.78, 5) is 28.1. The highest BCUT2D eigenvalue weighted by atomic mass is 16.5. The van der Waals surface area contributed by atoms with Crippen molar-refractivity contribution in [3.8, 4) is 11.5 Å². The molecule has 0 spiro atoms. The normalized spacial score (nSPS) is 11.6. The van der Waals surface area contributed by atoms with Gasteiger partial charge in [0.1, 0.15) is 0 Å². The number of nitrogens with one attached hydrogen (secondary N) is 2. The Kier molecular flexibility index (Phi) is 7.09. The fraction of sp³-hybridized carbons (Fsp3) is 0.429. The van der Waals surface area contributed by atoms with E-state index in [0.717, 1.165) is 5.69 Å². The van der Waals surface area contributed by atoms with E-state index in [1.54, 1.807) is 46.9 Å². The molecule has 2 aromatic rings. The van der Waals surface area contributed by atoms with E-state index >= 15 is 0 Å². The van der Waals surface area contributed by atoms with Crippen LogP contribution in [0.5, 0.6) is 11.5 Å². The maximum absolute atomic E-state index is 12.9. The van der Waals surface area contributed by atoms with Crippen molar-refractivity contribution in [1.29, 1.82) is 0 Å². The molecule has 0 amide bonds. The first-order valence-electron chi connectivity index (χ1n) is 9.31. The second-order valence-electron chi connectivity index (χ2n) is 6.37. The molecule has 152 valence electrons. The number of hydrogen-bond acceptors (Lipinski definition) is 6. The van der Waals surface area contributed by atoms with E-state index in [4.69, 9.17) is 14.2 Å². The van der Waals surface area contributed by atoms with E-state index in [0.29, 0.717) is 40.6 Å². The van der Waals surface area contributed by atoms with Gasteiger partial charge in [-0.05, 0) is 52.3 Å². The van der Waals surface area contributed by atoms with Crippen molar-refractivity contribution in [3.05, 3.63) is 40.7 Å². The Bertz CT molecular complexity index is 857. The average molecular weight is 388 g/mol. The van der Waals surface area contributed by atoms with Gasteiger partial charge in [0, 0.05) is 17.4 Å². The summed E-state index contributed by atoms with van der Waals surface area (Å²) in [5.41, 5.74) is 2.76. The minimum Gasteiger partial charge on any atom is -0.493 e. The number of methoxy groups -OCH3 is 1. The Hall–Kier alpha value is -2.96. The van der Waals surface area contributed by atoms with Crippen molar-refractivity contribution < 1.29 is 23.8 Å². The average Bonchev–Trinajstić information content (AvgIpc) is 2.96. The predicted molar refractivity (Wildman–Crippen MR) is 108 cm³/mol. The molecule has 0 aliphatic carbocycles. The van der Waals surface area contributed by atoms with Crippen molar-refractivity contribution in [1.82, 2.24) is 4.98 Å². The van der Waals surface area contributed by atoms with E-state index in [1.165, 1.54) is 0 Å². The number of anilines is 1. The fourth-order valence-corrected chi connectivity index (χ4v) is 3.07. The lowest BCUT2D eigenvalue weighted by molar-refractivity contribution is 0.0525. The SMILES string of the molecule is CCOC(=O)c1c(C)[nH]c(C(=O)[C@@H](C)Nc2ccc(OCC)c(OC)c2)c1C. The molecule has 1 aromatic heterocycles. The molecule has 0 aliphatic heterocycles. The highest BCUT2D eigenvalue weighted by Crippen LogP contribution is 2.30. The fourth-order valence-electron chi connectivity index (χ4n) is 3.07. The van der Waals surface area contributed by atoms with Gasteiger partial charge in [-0.3, -0.25) is 4.79 Å². The zero-order chi connectivity index (χ0) is 20.8. The summed E-state index contributed by atoms with van der Waals surface area (Å²) in [7, 11) is 1.57. The van der Waals surface area contributed by atoms with Gasteiger partial charge in [-0.15, -0.1) is 0 Å². The Morgan fingerprint density at radius 1 is 1.14 bits per heavy atom. The molecule has 7 nitrogen and oxygen atoms in total. The lowest BCUT2D eigenvalue weighted by atomic mass is 10.0. The molecular formula is C21H28N2O5. The highest BCUT2D eigenvalue weighted by molar-refractivity contribution is 6.04. The van der Waals surface area contributed by atoms with Gasteiger partial charge >= 0.3 is 5.97 Å². The van der Waals surface area contributed by atoms with Crippen LogP contribution in [0, 0.1) is 13.8 Å². The first kappa shape index (κ1) is 21.3. The van der Waals surface area contributed by atoms with Gasteiger partial charge in [0.05, 0.1) is 37.6 Å². The number of ketones is 1. The van der Waals surface area contributed by atoms with Crippen molar-refractivity contribution in [3.63, 3.8) is 0 Å². The maximum atomic E-state index is 12.9. The summed E-state index contributed by atoms with van der Waals surface area (Å²) in [5, 5.41) is 3.17. The third-order valence-corrected chi connectivity index (χ3v) is 4.40. The molecule has 0 saturated carbocycles. The standard InChI is InChI=1S/C21H28N2O5/c1-7-27-16-10-9-15(11-17(16)26-6)22-14(5)20(24)19-12(3)18(13(4)23-19)21(25)28-8-2/h9-11,14,22-23H,7-8H2,1-6H3/t14-/m1/s1. The van der Waals surface area contributed by atoms with E-state index < -0.39 is 12.0 Å². The van der Waals surface area contributed by atoms with Crippen LogP contribution in [0.25, 0.3) is 0 Å². The molecule has 0 unspecified atom stereocenters. The van der Waals surface area contributed by atoms with Gasteiger partial charge in [0.15, 0.2) is 11.5 Å². The number of H-pyrrole nitrogens is 1. The monoisotopic (exact) mass is 388 g/mol. The van der Waals surface area contributed by atoms with Gasteiger partial charge in [-0.2, -0.15) is 0 Å². The Balaban J connectivity index is 2.22. The number of benzene rings is 1. The summed E-state index contributed by atoms with van der Waals surface area (Å²) in [5.74, 6) is 0.654. The van der Waals surface area contributed by atoms with Crippen LogP contribution in [0.3, 0.4) is 0 Å². The third kappa shape index (κ3) is 4.47. The minimum atomic E-state index is -0.519. The van der Waals surface area contributed by atoms with Crippen LogP contribution in [0.2, 0.25) is 0 Å². The first-order chi connectivity index (χ1) is 13.3. The number of rotatable bonds is 9. The molecule has 0 saturated heterocycles. The molecular weight excluding hydrogens is 360 g/mol. The lowest BCUT2D eigenvalue weighted by Crippen LogP contribution is -2.27. The number of carbonyl (C=O) groups is 2. The zero-order valence-corrected chi connectivity index (χ0v) is 17.3. The largest absolute Gasteiger partial charge is 0.493 e. The number of hydrogen-bond donors (Lipinski definition) is 2. The molecule has 0 bridgehead atoms. The minimum absolute atomic E-state index is 0.149. The van der Waals surface area contributed by atoms with Gasteiger partial charge in [0.25, 0.3) is 0 Å². The van der Waals surface area contributed by atoms with E-state index in [1.807, 2.05) is 13.0 Å². The second kappa shape index (κ2) is 9.30. The number of aromatic amines is 1. The number of ether oxygens (including phenoxy) is 3. The van der Waals surface area contributed by atoms with Gasteiger partial charge < -0.3 is 24.5 Å². The van der Waals surface area contributed by atoms with E-state index in [-0.39, 0.29) is 12.4 Å². The Morgan fingerprint density at radius 3 is 2.46 bits per heavy atom. The van der Waals surface area contributed by atoms with E-state index in [9.17, 15) is 9.59 Å². The molecule has 1 atom stereocenters. The van der Waals surface area contributed by atoms with Crippen molar-refractivity contribution in [2.75, 3.05) is 25.6 Å². The topological polar surface area (TPSA) is 89.7 Å². The number of aromatic nitrogens is 1. The van der Waals surface area contributed by atoms with Crippen LogP contribution in [0.15, 0.2) is 18.2 Å². The van der Waals surface area contributed by atoms with Crippen LogP contribution in [-0.2, 0) is 4.74 Å². The molecule has 1 aromatic carbocycles. The lowest BCUT2D eigenvalue weighted by Gasteiger charge is -2.16. The zero-order valence-electron chi connectivity index (χ0n) is 17.3. The number of aryl methyl sites for hydroxylation is 1. The summed E-state index contributed by atoms with van der Waals surface area (Å²) in [6.45, 7) is 9.73. The highest BCUT2D eigenvalue weighted by Gasteiger charge is 2.25. The smallest absolute Gasteiger partial charge is 0.340 e. The predicted octanol–water partition coefficient (Wildman–Crippen LogP) is 3.90. The van der Waals surface area contributed by atoms with Gasteiger partial charge in [0.2, 0.25) is 5.78 Å². The van der Waals surface area contributed by atoms with E-state index in [2.05, 4.69) is 10.3 Å². The first-order valence-corrected chi connectivity index (χ1v) is 9.31. The van der Waals surface area contributed by atoms with Crippen LogP contribution in [-0.4, -0.2) is 43.1 Å². The van der Waals surface area contributed by atoms with Gasteiger partial charge in [-0.1, -0.05) is 0 Å².